The third-order valence-electron chi connectivity index (χ3n) is 3.10. The Bertz CT molecular complexity index is 474. The first-order chi connectivity index (χ1) is 7.90. The molecule has 0 aromatic heterocycles. The van der Waals surface area contributed by atoms with Crippen LogP contribution in [-0.4, -0.2) is 11.2 Å². The van der Waals surface area contributed by atoms with E-state index < -0.39 is 5.41 Å². The summed E-state index contributed by atoms with van der Waals surface area (Å²) in [6.45, 7) is 3.80. The molecular formula is C14H14ClFO. The number of hydrogen-bond donors (Lipinski definition) is 0. The summed E-state index contributed by atoms with van der Waals surface area (Å²) in [7, 11) is 0. The molecule has 0 N–H and O–H groups in total. The number of hydrogen-bond acceptors (Lipinski definition) is 1. The Morgan fingerprint density at radius 2 is 1.94 bits per heavy atom. The van der Waals surface area contributed by atoms with E-state index in [4.69, 9.17) is 11.6 Å². The van der Waals surface area contributed by atoms with Crippen LogP contribution in [-0.2, 0) is 4.79 Å². The molecule has 2 rings (SSSR count). The van der Waals surface area contributed by atoms with Crippen molar-refractivity contribution >= 4 is 23.5 Å². The van der Waals surface area contributed by atoms with Crippen LogP contribution in [0.15, 0.2) is 29.8 Å². The molecule has 1 atom stereocenters. The van der Waals surface area contributed by atoms with Gasteiger partial charge in [0.25, 0.3) is 0 Å². The van der Waals surface area contributed by atoms with Crippen LogP contribution in [0.2, 0.25) is 0 Å². The molecule has 1 unspecified atom stereocenters. The summed E-state index contributed by atoms with van der Waals surface area (Å²) in [5.41, 5.74) is 1.04. The van der Waals surface area contributed by atoms with Crippen molar-refractivity contribution in [2.45, 2.75) is 25.6 Å². The molecule has 1 saturated carbocycles. The van der Waals surface area contributed by atoms with Gasteiger partial charge in [-0.1, -0.05) is 26.0 Å². The van der Waals surface area contributed by atoms with Crippen molar-refractivity contribution < 1.29 is 9.18 Å². The number of alkyl halides is 1. The maximum atomic E-state index is 12.8. The van der Waals surface area contributed by atoms with Crippen LogP contribution in [0.3, 0.4) is 0 Å². The van der Waals surface area contributed by atoms with Gasteiger partial charge in [0.1, 0.15) is 5.82 Å². The van der Waals surface area contributed by atoms with E-state index in [2.05, 4.69) is 0 Å². The lowest BCUT2D eigenvalue weighted by atomic mass is 9.90. The van der Waals surface area contributed by atoms with Gasteiger partial charge in [-0.2, -0.15) is 0 Å². The number of allylic oxidation sites excluding steroid dienone is 1. The first kappa shape index (κ1) is 12.3. The second-order valence-corrected chi connectivity index (χ2v) is 5.56. The van der Waals surface area contributed by atoms with Crippen LogP contribution in [0.1, 0.15) is 25.8 Å². The molecule has 1 aliphatic rings. The molecule has 0 heterocycles. The van der Waals surface area contributed by atoms with Gasteiger partial charge in [0.15, 0.2) is 5.78 Å². The van der Waals surface area contributed by atoms with E-state index in [1.54, 1.807) is 18.2 Å². The standard InChI is InChI=1S/C14H14ClFO/c1-14(2)8-12(15)11(13(14)17)7-9-3-5-10(16)6-4-9/h3-7,12H,8H2,1-2H3/b11-7+. The van der Waals surface area contributed by atoms with Crippen LogP contribution in [0.25, 0.3) is 6.08 Å². The lowest BCUT2D eigenvalue weighted by Gasteiger charge is -2.12. The van der Waals surface area contributed by atoms with Crippen molar-refractivity contribution in [3.63, 3.8) is 0 Å². The fourth-order valence-electron chi connectivity index (χ4n) is 2.08. The number of rotatable bonds is 1. The number of carbonyl (C=O) groups excluding carboxylic acids is 1. The fourth-order valence-corrected chi connectivity index (χ4v) is 2.63. The highest BCUT2D eigenvalue weighted by Gasteiger charge is 2.42. The largest absolute Gasteiger partial charge is 0.294 e. The smallest absolute Gasteiger partial charge is 0.166 e. The summed E-state index contributed by atoms with van der Waals surface area (Å²) < 4.78 is 12.8. The number of Topliss-reactive ketones (excluding diaryl/α,β-unsaturated/α-hetero) is 1. The summed E-state index contributed by atoms with van der Waals surface area (Å²) in [5, 5.41) is -0.248. The van der Waals surface area contributed by atoms with Crippen LogP contribution in [0.4, 0.5) is 4.39 Å². The van der Waals surface area contributed by atoms with Crippen molar-refractivity contribution in [1.29, 1.82) is 0 Å². The van der Waals surface area contributed by atoms with E-state index in [9.17, 15) is 9.18 Å². The molecular weight excluding hydrogens is 239 g/mol. The summed E-state index contributed by atoms with van der Waals surface area (Å²) in [4.78, 5) is 12.1. The van der Waals surface area contributed by atoms with E-state index >= 15 is 0 Å². The van der Waals surface area contributed by atoms with Gasteiger partial charge in [0, 0.05) is 11.0 Å². The van der Waals surface area contributed by atoms with Crippen LogP contribution in [0, 0.1) is 11.2 Å². The topological polar surface area (TPSA) is 17.1 Å². The van der Waals surface area contributed by atoms with Gasteiger partial charge in [-0.15, -0.1) is 11.6 Å². The zero-order valence-electron chi connectivity index (χ0n) is 9.84. The predicted molar refractivity (Wildman–Crippen MR) is 67.4 cm³/mol. The molecule has 1 aromatic carbocycles. The van der Waals surface area contributed by atoms with Gasteiger partial charge in [-0.3, -0.25) is 4.79 Å². The molecule has 0 bridgehead atoms. The van der Waals surface area contributed by atoms with Gasteiger partial charge in [-0.25, -0.2) is 4.39 Å². The number of benzene rings is 1. The monoisotopic (exact) mass is 252 g/mol. The summed E-state index contributed by atoms with van der Waals surface area (Å²) in [6, 6.07) is 6.04. The Morgan fingerprint density at radius 3 is 2.41 bits per heavy atom. The average molecular weight is 253 g/mol. The highest BCUT2D eigenvalue weighted by Crippen LogP contribution is 2.41. The average Bonchev–Trinajstić information content (AvgIpc) is 2.44. The normalized spacial score (nSPS) is 25.5. The molecule has 17 heavy (non-hydrogen) atoms. The second kappa shape index (κ2) is 4.26. The lowest BCUT2D eigenvalue weighted by molar-refractivity contribution is -0.121. The molecule has 0 saturated heterocycles. The summed E-state index contributed by atoms with van der Waals surface area (Å²) in [5.74, 6) is -0.200. The van der Waals surface area contributed by atoms with Gasteiger partial charge in [-0.05, 0) is 30.2 Å². The minimum atomic E-state index is -0.391. The summed E-state index contributed by atoms with van der Waals surface area (Å²) >= 11 is 6.18. The minimum absolute atomic E-state index is 0.0850. The number of carbonyl (C=O) groups is 1. The number of halogens is 2. The van der Waals surface area contributed by atoms with E-state index in [0.29, 0.717) is 12.0 Å². The fraction of sp³-hybridized carbons (Fsp3) is 0.357. The number of ketones is 1. The quantitative estimate of drug-likeness (QED) is 0.549. The lowest BCUT2D eigenvalue weighted by Crippen LogP contribution is -2.17. The predicted octanol–water partition coefficient (Wildman–Crippen LogP) is 3.82. The van der Waals surface area contributed by atoms with Crippen molar-refractivity contribution in [2.75, 3.05) is 0 Å². The molecule has 0 spiro atoms. The van der Waals surface area contributed by atoms with Crippen molar-refractivity contribution in [3.05, 3.63) is 41.2 Å². The van der Waals surface area contributed by atoms with E-state index in [0.717, 1.165) is 5.56 Å². The Balaban J connectivity index is 2.34. The molecule has 0 radical (unpaired) electrons. The molecule has 1 fully saturated rings. The minimum Gasteiger partial charge on any atom is -0.294 e. The van der Waals surface area contributed by atoms with Crippen molar-refractivity contribution in [3.8, 4) is 0 Å². The highest BCUT2D eigenvalue weighted by molar-refractivity contribution is 6.29. The molecule has 0 aliphatic heterocycles. The van der Waals surface area contributed by atoms with Crippen molar-refractivity contribution in [2.24, 2.45) is 5.41 Å². The van der Waals surface area contributed by atoms with E-state index in [1.165, 1.54) is 12.1 Å². The Kier molecular flexibility index (Phi) is 3.09. The molecule has 90 valence electrons. The molecule has 1 nitrogen and oxygen atoms in total. The zero-order chi connectivity index (χ0) is 12.6. The molecule has 0 amide bonds. The third-order valence-corrected chi connectivity index (χ3v) is 3.49. The van der Waals surface area contributed by atoms with Gasteiger partial charge in [0.05, 0.1) is 5.38 Å². The van der Waals surface area contributed by atoms with Gasteiger partial charge in [0.2, 0.25) is 0 Å². The molecule has 3 heteroatoms. The van der Waals surface area contributed by atoms with Crippen molar-refractivity contribution in [1.82, 2.24) is 0 Å². The SMILES string of the molecule is CC1(C)CC(Cl)/C(=C\c2ccc(F)cc2)C1=O. The Labute approximate surface area is 105 Å². The first-order valence-electron chi connectivity index (χ1n) is 5.56. The van der Waals surface area contributed by atoms with E-state index in [1.807, 2.05) is 13.8 Å². The summed E-state index contributed by atoms with van der Waals surface area (Å²) in [6.07, 6.45) is 2.41. The van der Waals surface area contributed by atoms with Crippen LogP contribution in [0.5, 0.6) is 0 Å². The maximum Gasteiger partial charge on any atom is 0.166 e. The Hall–Kier alpha value is -1.15. The van der Waals surface area contributed by atoms with Crippen LogP contribution < -0.4 is 0 Å². The Morgan fingerprint density at radius 1 is 1.35 bits per heavy atom. The molecule has 1 aliphatic carbocycles. The zero-order valence-corrected chi connectivity index (χ0v) is 10.6. The third kappa shape index (κ3) is 2.42. The molecule has 1 aromatic rings. The highest BCUT2D eigenvalue weighted by atomic mass is 35.5. The second-order valence-electron chi connectivity index (χ2n) is 5.04. The van der Waals surface area contributed by atoms with Crippen LogP contribution >= 0.6 is 11.6 Å². The van der Waals surface area contributed by atoms with E-state index in [-0.39, 0.29) is 17.0 Å². The van der Waals surface area contributed by atoms with Gasteiger partial charge >= 0.3 is 0 Å². The maximum absolute atomic E-state index is 12.8. The van der Waals surface area contributed by atoms with Gasteiger partial charge < -0.3 is 0 Å². The first-order valence-corrected chi connectivity index (χ1v) is 6.00.